The summed E-state index contributed by atoms with van der Waals surface area (Å²) in [4.78, 5) is 26.9. The van der Waals surface area contributed by atoms with Gasteiger partial charge in [0.25, 0.3) is 0 Å². The molecule has 0 bridgehead atoms. The molecule has 4 nitrogen and oxygen atoms in total. The van der Waals surface area contributed by atoms with Crippen molar-refractivity contribution >= 4 is 41.9 Å². The van der Waals surface area contributed by atoms with Crippen LogP contribution in [0.1, 0.15) is 23.1 Å². The third-order valence-electron chi connectivity index (χ3n) is 6.09. The maximum absolute atomic E-state index is 12.8. The molecule has 2 atom stereocenters. The molecule has 1 saturated heterocycles. The van der Waals surface area contributed by atoms with E-state index in [1.165, 1.54) is 11.1 Å². The molecule has 0 aliphatic carbocycles. The molecule has 2 amide bonds. The van der Waals surface area contributed by atoms with Gasteiger partial charge in [0.2, 0.25) is 11.8 Å². The number of benzene rings is 3. The second kappa shape index (κ2) is 9.04. The number of rotatable bonds is 5. The van der Waals surface area contributed by atoms with Gasteiger partial charge in [0.05, 0.1) is 11.8 Å². The van der Waals surface area contributed by atoms with Gasteiger partial charge < -0.3 is 10.2 Å². The Morgan fingerprint density at radius 3 is 2.38 bits per heavy atom. The Kier molecular flexibility index (Phi) is 5.98. The first-order valence-corrected chi connectivity index (χ1v) is 12.2. The number of anilines is 1. The van der Waals surface area contributed by atoms with Gasteiger partial charge in [0.1, 0.15) is 4.71 Å². The van der Waals surface area contributed by atoms with Crippen LogP contribution in [0.15, 0.2) is 72.8 Å². The lowest BCUT2D eigenvalue weighted by Gasteiger charge is -2.31. The van der Waals surface area contributed by atoms with Crippen LogP contribution in [-0.2, 0) is 29.0 Å². The van der Waals surface area contributed by atoms with Gasteiger partial charge in [-0.15, -0.1) is 24.4 Å². The molecule has 0 radical (unpaired) electrons. The number of nitrogens with zero attached hydrogens (tertiary/aromatic N) is 1. The van der Waals surface area contributed by atoms with Gasteiger partial charge in [0.15, 0.2) is 0 Å². The topological polar surface area (TPSA) is 49.4 Å². The lowest BCUT2D eigenvalue weighted by atomic mass is 9.93. The van der Waals surface area contributed by atoms with Crippen LogP contribution in [0.25, 0.3) is 11.1 Å². The molecule has 2 unspecified atom stereocenters. The van der Waals surface area contributed by atoms with Crippen molar-refractivity contribution in [3.63, 3.8) is 0 Å². The summed E-state index contributed by atoms with van der Waals surface area (Å²) < 4.78 is -0.149. The fourth-order valence-corrected chi connectivity index (χ4v) is 5.98. The standard InChI is InChI=1S/C26H24N2O2S2/c29-24-14-13-21-20(15-23-25(30)27-26(31)32-23)7-4-8-22(21)28(24)16-17-9-11-19(12-10-17)18-5-2-1-3-6-18/h1-12,23,26,31H,13-16H2,(H,27,30). The minimum absolute atomic E-state index is 0.0369. The zero-order valence-electron chi connectivity index (χ0n) is 17.5. The molecule has 3 aromatic carbocycles. The summed E-state index contributed by atoms with van der Waals surface area (Å²) in [5.41, 5.74) is 6.74. The zero-order chi connectivity index (χ0) is 22.1. The molecule has 1 N–H and O–H groups in total. The Morgan fingerprint density at radius 2 is 1.66 bits per heavy atom. The molecule has 3 aromatic rings. The van der Waals surface area contributed by atoms with E-state index in [0.717, 1.165) is 28.8 Å². The van der Waals surface area contributed by atoms with Crippen LogP contribution in [0.2, 0.25) is 0 Å². The zero-order valence-corrected chi connectivity index (χ0v) is 19.2. The van der Waals surface area contributed by atoms with Gasteiger partial charge in [0, 0.05) is 12.1 Å². The third kappa shape index (κ3) is 4.30. The Labute approximate surface area is 197 Å². The molecule has 162 valence electrons. The lowest BCUT2D eigenvalue weighted by molar-refractivity contribution is -0.120. The van der Waals surface area contributed by atoms with E-state index in [9.17, 15) is 9.59 Å². The van der Waals surface area contributed by atoms with Crippen LogP contribution in [0.5, 0.6) is 0 Å². The molecule has 0 aromatic heterocycles. The fourth-order valence-electron chi connectivity index (χ4n) is 4.45. The molecule has 6 heteroatoms. The van der Waals surface area contributed by atoms with E-state index in [4.69, 9.17) is 0 Å². The number of carbonyl (C=O) groups is 2. The Bertz CT molecular complexity index is 1150. The van der Waals surface area contributed by atoms with Crippen molar-refractivity contribution in [2.24, 2.45) is 0 Å². The normalized spacial score (nSPS) is 20.2. The minimum atomic E-state index is -0.149. The Hall–Kier alpha value is -2.70. The molecular formula is C26H24N2O2S2. The van der Waals surface area contributed by atoms with Crippen molar-refractivity contribution in [1.82, 2.24) is 5.32 Å². The van der Waals surface area contributed by atoms with Crippen molar-refractivity contribution in [1.29, 1.82) is 0 Å². The quantitative estimate of drug-likeness (QED) is 0.537. The molecule has 2 aliphatic heterocycles. The number of hydrogen-bond acceptors (Lipinski definition) is 4. The summed E-state index contributed by atoms with van der Waals surface area (Å²) in [6, 6.07) is 24.8. The number of carbonyl (C=O) groups excluding carboxylic acids is 2. The van der Waals surface area contributed by atoms with E-state index in [2.05, 4.69) is 60.4 Å². The maximum Gasteiger partial charge on any atom is 0.235 e. The molecule has 0 spiro atoms. The second-order valence-electron chi connectivity index (χ2n) is 8.15. The number of thioether (sulfide) groups is 1. The van der Waals surface area contributed by atoms with E-state index in [1.807, 2.05) is 35.2 Å². The summed E-state index contributed by atoms with van der Waals surface area (Å²) in [5.74, 6) is 0.181. The van der Waals surface area contributed by atoms with E-state index < -0.39 is 0 Å². The van der Waals surface area contributed by atoms with E-state index in [1.54, 1.807) is 11.8 Å². The largest absolute Gasteiger partial charge is 0.335 e. The minimum Gasteiger partial charge on any atom is -0.335 e. The smallest absolute Gasteiger partial charge is 0.235 e. The molecule has 32 heavy (non-hydrogen) atoms. The fraction of sp³-hybridized carbons (Fsp3) is 0.231. The average Bonchev–Trinajstić information content (AvgIpc) is 3.13. The predicted octanol–water partition coefficient (Wildman–Crippen LogP) is 4.82. The molecule has 2 heterocycles. The van der Waals surface area contributed by atoms with Crippen LogP contribution in [0.3, 0.4) is 0 Å². The van der Waals surface area contributed by atoms with Crippen molar-refractivity contribution in [3.05, 3.63) is 89.5 Å². The van der Waals surface area contributed by atoms with Gasteiger partial charge in [-0.05, 0) is 46.7 Å². The van der Waals surface area contributed by atoms with Gasteiger partial charge in [-0.2, -0.15) is 0 Å². The highest BCUT2D eigenvalue weighted by molar-refractivity contribution is 8.11. The van der Waals surface area contributed by atoms with Gasteiger partial charge in [-0.3, -0.25) is 9.59 Å². The van der Waals surface area contributed by atoms with Crippen LogP contribution in [-0.4, -0.2) is 21.8 Å². The van der Waals surface area contributed by atoms with Gasteiger partial charge >= 0.3 is 0 Å². The van der Waals surface area contributed by atoms with Crippen LogP contribution < -0.4 is 10.2 Å². The second-order valence-corrected chi connectivity index (χ2v) is 10.3. The number of hydrogen-bond donors (Lipinski definition) is 2. The molecular weight excluding hydrogens is 436 g/mol. The maximum atomic E-state index is 12.8. The summed E-state index contributed by atoms with van der Waals surface area (Å²) in [5, 5.41) is 2.72. The number of nitrogens with one attached hydrogen (secondary N) is 1. The first kappa shape index (κ1) is 21.2. The highest BCUT2D eigenvalue weighted by atomic mass is 32.2. The summed E-state index contributed by atoms with van der Waals surface area (Å²) in [6.45, 7) is 0.543. The first-order chi connectivity index (χ1) is 15.6. The van der Waals surface area contributed by atoms with Crippen LogP contribution in [0, 0.1) is 0 Å². The Balaban J connectivity index is 1.38. The van der Waals surface area contributed by atoms with Crippen LogP contribution in [0.4, 0.5) is 5.69 Å². The van der Waals surface area contributed by atoms with Crippen molar-refractivity contribution in [2.45, 2.75) is 35.8 Å². The molecule has 2 aliphatic rings. The summed E-state index contributed by atoms with van der Waals surface area (Å²) in [6.07, 6.45) is 1.87. The van der Waals surface area contributed by atoms with Crippen molar-refractivity contribution < 1.29 is 9.59 Å². The lowest BCUT2D eigenvalue weighted by Crippen LogP contribution is -2.35. The van der Waals surface area contributed by atoms with Crippen molar-refractivity contribution in [3.8, 4) is 11.1 Å². The molecule has 5 rings (SSSR count). The summed E-state index contributed by atoms with van der Waals surface area (Å²) in [7, 11) is 0. The first-order valence-electron chi connectivity index (χ1n) is 10.8. The molecule has 1 fully saturated rings. The molecule has 0 saturated carbocycles. The number of thiol groups is 1. The average molecular weight is 461 g/mol. The monoisotopic (exact) mass is 460 g/mol. The Morgan fingerprint density at radius 1 is 0.906 bits per heavy atom. The van der Waals surface area contributed by atoms with E-state index in [-0.39, 0.29) is 21.8 Å². The van der Waals surface area contributed by atoms with Crippen molar-refractivity contribution in [2.75, 3.05) is 4.90 Å². The predicted molar refractivity (Wildman–Crippen MR) is 134 cm³/mol. The van der Waals surface area contributed by atoms with Gasteiger partial charge in [-0.1, -0.05) is 66.7 Å². The summed E-state index contributed by atoms with van der Waals surface area (Å²) >= 11 is 5.91. The van der Waals surface area contributed by atoms with E-state index >= 15 is 0 Å². The highest BCUT2D eigenvalue weighted by Gasteiger charge is 2.33. The SMILES string of the molecule is O=C1NC(S)SC1Cc1cccc2c1CCC(=O)N2Cc1ccc(-c2ccccc2)cc1. The number of fused-ring (bicyclic) bond motifs is 1. The number of amides is 2. The third-order valence-corrected chi connectivity index (χ3v) is 7.67. The van der Waals surface area contributed by atoms with Crippen LogP contribution >= 0.6 is 24.4 Å². The highest BCUT2D eigenvalue weighted by Crippen LogP contribution is 2.35. The van der Waals surface area contributed by atoms with E-state index in [0.29, 0.717) is 19.4 Å². The van der Waals surface area contributed by atoms with Gasteiger partial charge in [-0.25, -0.2) is 0 Å².